The largest absolute Gasteiger partial charge is 0.357 e. The highest BCUT2D eigenvalue weighted by atomic mass is 127. The Labute approximate surface area is 118 Å². The lowest BCUT2D eigenvalue weighted by molar-refractivity contribution is 0.0970. The maximum atomic E-state index is 12.0. The fourth-order valence-electron chi connectivity index (χ4n) is 1.57. The normalized spacial score (nSPS) is 10.6. The SMILES string of the molecule is Cc1ncn(CC(=O)c2ccn(C)c2)c(=O)c1I. The summed E-state index contributed by atoms with van der Waals surface area (Å²) in [6.07, 6.45) is 4.95. The second-order valence-corrected chi connectivity index (χ2v) is 5.14. The lowest BCUT2D eigenvalue weighted by Gasteiger charge is -2.05. The van der Waals surface area contributed by atoms with Crippen LogP contribution in [0.25, 0.3) is 0 Å². The molecule has 5 nitrogen and oxygen atoms in total. The Hall–Kier alpha value is -1.44. The summed E-state index contributed by atoms with van der Waals surface area (Å²) < 4.78 is 3.69. The molecule has 2 aromatic heterocycles. The van der Waals surface area contributed by atoms with E-state index in [-0.39, 0.29) is 17.9 Å². The van der Waals surface area contributed by atoms with Crippen LogP contribution in [-0.2, 0) is 13.6 Å². The Balaban J connectivity index is 2.28. The van der Waals surface area contributed by atoms with Crippen molar-refractivity contribution in [2.45, 2.75) is 13.5 Å². The fraction of sp³-hybridized carbons (Fsp3) is 0.250. The number of Topliss-reactive ketones (excluding diaryl/α,β-unsaturated/α-hetero) is 1. The van der Waals surface area contributed by atoms with Crippen molar-refractivity contribution < 1.29 is 4.79 Å². The van der Waals surface area contributed by atoms with Crippen molar-refractivity contribution in [3.63, 3.8) is 0 Å². The van der Waals surface area contributed by atoms with Crippen LogP contribution < -0.4 is 5.56 Å². The summed E-state index contributed by atoms with van der Waals surface area (Å²) in [5.74, 6) is -0.0980. The number of rotatable bonds is 3. The van der Waals surface area contributed by atoms with Crippen LogP contribution in [0.3, 0.4) is 0 Å². The smallest absolute Gasteiger partial charge is 0.267 e. The molecule has 2 aromatic rings. The Morgan fingerprint density at radius 1 is 1.50 bits per heavy atom. The molecule has 18 heavy (non-hydrogen) atoms. The van der Waals surface area contributed by atoms with Crippen LogP contribution in [0.2, 0.25) is 0 Å². The van der Waals surface area contributed by atoms with Crippen LogP contribution in [0.1, 0.15) is 16.1 Å². The van der Waals surface area contributed by atoms with Crippen molar-refractivity contribution in [3.8, 4) is 0 Å². The number of nitrogens with zero attached hydrogens (tertiary/aromatic N) is 3. The van der Waals surface area contributed by atoms with Gasteiger partial charge in [0.2, 0.25) is 0 Å². The summed E-state index contributed by atoms with van der Waals surface area (Å²) >= 11 is 1.95. The first-order chi connectivity index (χ1) is 8.49. The third kappa shape index (κ3) is 2.53. The monoisotopic (exact) mass is 357 g/mol. The Kier molecular flexibility index (Phi) is 3.65. The summed E-state index contributed by atoms with van der Waals surface area (Å²) in [4.78, 5) is 28.0. The van der Waals surface area contributed by atoms with E-state index in [4.69, 9.17) is 0 Å². The molecule has 2 heterocycles. The van der Waals surface area contributed by atoms with E-state index in [1.807, 2.05) is 29.6 Å². The van der Waals surface area contributed by atoms with Crippen molar-refractivity contribution in [1.29, 1.82) is 0 Å². The van der Waals surface area contributed by atoms with Gasteiger partial charge in [0, 0.05) is 25.0 Å². The van der Waals surface area contributed by atoms with Crippen LogP contribution in [0.15, 0.2) is 29.6 Å². The Bertz CT molecular complexity index is 658. The minimum Gasteiger partial charge on any atom is -0.357 e. The van der Waals surface area contributed by atoms with E-state index in [0.29, 0.717) is 14.8 Å². The molecule has 0 aliphatic carbocycles. The first kappa shape index (κ1) is 13.0. The molecule has 0 spiro atoms. The van der Waals surface area contributed by atoms with Crippen molar-refractivity contribution in [1.82, 2.24) is 14.1 Å². The molecule has 0 radical (unpaired) electrons. The van der Waals surface area contributed by atoms with Crippen molar-refractivity contribution in [2.75, 3.05) is 0 Å². The topological polar surface area (TPSA) is 56.9 Å². The molecule has 0 amide bonds. The summed E-state index contributed by atoms with van der Waals surface area (Å²) in [6, 6.07) is 1.74. The van der Waals surface area contributed by atoms with Gasteiger partial charge in [0.15, 0.2) is 5.78 Å². The average Bonchev–Trinajstić information content (AvgIpc) is 2.77. The average molecular weight is 357 g/mol. The summed E-state index contributed by atoms with van der Waals surface area (Å²) in [5, 5.41) is 0. The van der Waals surface area contributed by atoms with Gasteiger partial charge < -0.3 is 4.57 Å². The zero-order valence-electron chi connectivity index (χ0n) is 10.1. The molecule has 0 unspecified atom stereocenters. The van der Waals surface area contributed by atoms with E-state index in [1.165, 1.54) is 10.9 Å². The fourth-order valence-corrected chi connectivity index (χ4v) is 2.02. The lowest BCUT2D eigenvalue weighted by atomic mass is 10.2. The highest BCUT2D eigenvalue weighted by Gasteiger charge is 2.11. The standard InChI is InChI=1S/C12H12IN3O2/c1-8-11(13)12(18)16(7-14-8)6-10(17)9-3-4-15(2)5-9/h3-5,7H,6H2,1-2H3. The molecular formula is C12H12IN3O2. The number of hydrogen-bond donors (Lipinski definition) is 0. The minimum absolute atomic E-state index is 0.0200. The molecule has 0 aliphatic rings. The molecule has 0 N–H and O–H groups in total. The van der Waals surface area contributed by atoms with Crippen LogP contribution in [-0.4, -0.2) is 19.9 Å². The van der Waals surface area contributed by atoms with Gasteiger partial charge in [-0.1, -0.05) is 0 Å². The molecule has 0 aromatic carbocycles. The first-order valence-electron chi connectivity index (χ1n) is 5.35. The van der Waals surface area contributed by atoms with E-state index in [1.54, 1.807) is 30.0 Å². The number of hydrogen-bond acceptors (Lipinski definition) is 3. The van der Waals surface area contributed by atoms with Gasteiger partial charge in [0.1, 0.15) is 0 Å². The van der Waals surface area contributed by atoms with E-state index in [9.17, 15) is 9.59 Å². The van der Waals surface area contributed by atoms with Crippen molar-refractivity contribution in [2.24, 2.45) is 7.05 Å². The number of aromatic nitrogens is 3. The summed E-state index contributed by atoms with van der Waals surface area (Å²) in [6.45, 7) is 1.79. The quantitative estimate of drug-likeness (QED) is 0.616. The van der Waals surface area contributed by atoms with Crippen LogP contribution in [0.5, 0.6) is 0 Å². The molecule has 0 saturated heterocycles. The second kappa shape index (κ2) is 5.05. The maximum Gasteiger partial charge on any atom is 0.267 e. The highest BCUT2D eigenvalue weighted by molar-refractivity contribution is 14.1. The van der Waals surface area contributed by atoms with Gasteiger partial charge in [0.25, 0.3) is 5.56 Å². The van der Waals surface area contributed by atoms with Crippen LogP contribution in [0.4, 0.5) is 0 Å². The third-order valence-electron chi connectivity index (χ3n) is 2.62. The highest BCUT2D eigenvalue weighted by Crippen LogP contribution is 2.04. The molecule has 2 rings (SSSR count). The molecule has 0 fully saturated rings. The summed E-state index contributed by atoms with van der Waals surface area (Å²) in [7, 11) is 1.85. The molecule has 94 valence electrons. The zero-order chi connectivity index (χ0) is 13.3. The van der Waals surface area contributed by atoms with Gasteiger partial charge in [-0.2, -0.15) is 0 Å². The maximum absolute atomic E-state index is 12.0. The van der Waals surface area contributed by atoms with E-state index < -0.39 is 0 Å². The molecule has 0 saturated carbocycles. The number of ketones is 1. The number of carbonyl (C=O) groups excluding carboxylic acids is 1. The van der Waals surface area contributed by atoms with Crippen LogP contribution in [0, 0.1) is 10.5 Å². The molecular weight excluding hydrogens is 345 g/mol. The van der Waals surface area contributed by atoms with Crippen molar-refractivity contribution >= 4 is 28.4 Å². The van der Waals surface area contributed by atoms with E-state index >= 15 is 0 Å². The number of aryl methyl sites for hydroxylation is 2. The van der Waals surface area contributed by atoms with Gasteiger partial charge in [-0.05, 0) is 35.6 Å². The minimum atomic E-state index is -0.174. The van der Waals surface area contributed by atoms with Gasteiger partial charge in [-0.3, -0.25) is 14.2 Å². The molecule has 0 bridgehead atoms. The third-order valence-corrected chi connectivity index (χ3v) is 3.87. The predicted molar refractivity (Wildman–Crippen MR) is 75.7 cm³/mol. The summed E-state index contributed by atoms with van der Waals surface area (Å²) in [5.41, 5.74) is 1.11. The second-order valence-electron chi connectivity index (χ2n) is 4.07. The van der Waals surface area contributed by atoms with Crippen LogP contribution >= 0.6 is 22.6 Å². The lowest BCUT2D eigenvalue weighted by Crippen LogP contribution is -2.27. The van der Waals surface area contributed by atoms with E-state index in [0.717, 1.165) is 0 Å². The Morgan fingerprint density at radius 2 is 2.22 bits per heavy atom. The zero-order valence-corrected chi connectivity index (χ0v) is 12.2. The molecule has 0 aliphatic heterocycles. The van der Waals surface area contributed by atoms with Gasteiger partial charge in [-0.25, -0.2) is 4.98 Å². The molecule has 0 atom stereocenters. The number of carbonyl (C=O) groups is 1. The van der Waals surface area contributed by atoms with Gasteiger partial charge >= 0.3 is 0 Å². The van der Waals surface area contributed by atoms with Gasteiger partial charge in [-0.15, -0.1) is 0 Å². The van der Waals surface area contributed by atoms with Crippen molar-refractivity contribution in [3.05, 3.63) is 50.0 Å². The number of halogens is 1. The van der Waals surface area contributed by atoms with Gasteiger partial charge in [0.05, 0.1) is 22.1 Å². The molecule has 6 heteroatoms. The predicted octanol–water partition coefficient (Wildman–Crippen LogP) is 1.38. The first-order valence-corrected chi connectivity index (χ1v) is 6.43. The van der Waals surface area contributed by atoms with E-state index in [2.05, 4.69) is 4.98 Å². The Morgan fingerprint density at radius 3 is 2.83 bits per heavy atom.